The lowest BCUT2D eigenvalue weighted by Gasteiger charge is -2.63. The van der Waals surface area contributed by atoms with Gasteiger partial charge in [-0.15, -0.1) is 0 Å². The van der Waals surface area contributed by atoms with E-state index in [-0.39, 0.29) is 17.3 Å². The van der Waals surface area contributed by atoms with Crippen molar-refractivity contribution in [3.05, 3.63) is 11.6 Å². The quantitative estimate of drug-likeness (QED) is 0.673. The second-order valence-corrected chi connectivity index (χ2v) is 9.85. The van der Waals surface area contributed by atoms with Gasteiger partial charge in [-0.25, -0.2) is 0 Å². The Hall–Kier alpha value is -0.340. The summed E-state index contributed by atoms with van der Waals surface area (Å²) < 4.78 is 13.0. The summed E-state index contributed by atoms with van der Waals surface area (Å²) in [6.45, 7) is 14.2. The predicted octanol–water partition coefficient (Wildman–Crippen LogP) is 4.94. The van der Waals surface area contributed by atoms with Crippen molar-refractivity contribution in [1.82, 2.24) is 0 Å². The molecule has 3 saturated carbocycles. The number of hydrogen-bond acceptors (Lipinski definition) is 2. The van der Waals surface area contributed by atoms with Gasteiger partial charge in [-0.1, -0.05) is 39.3 Å². The second-order valence-electron chi connectivity index (χ2n) is 9.85. The maximum absolute atomic E-state index is 6.58. The molecular weight excluding hydrogens is 272 g/mol. The molecule has 0 radical (unpaired) electrons. The Bertz CT molecular complexity index is 518. The largest absolute Gasteiger partial charge is 0.346 e. The third-order valence-electron chi connectivity index (χ3n) is 7.72. The molecule has 124 valence electrons. The van der Waals surface area contributed by atoms with Crippen LogP contribution in [0, 0.1) is 28.6 Å². The van der Waals surface area contributed by atoms with Crippen LogP contribution >= 0.6 is 0 Å². The van der Waals surface area contributed by atoms with Crippen LogP contribution in [0.4, 0.5) is 0 Å². The molecule has 1 saturated heterocycles. The summed E-state index contributed by atoms with van der Waals surface area (Å²) in [7, 11) is 0. The van der Waals surface area contributed by atoms with Crippen molar-refractivity contribution in [1.29, 1.82) is 0 Å². The van der Waals surface area contributed by atoms with Crippen LogP contribution in [0.1, 0.15) is 67.2 Å². The maximum Gasteiger partial charge on any atom is 0.159 e. The first-order chi connectivity index (χ1) is 10.1. The van der Waals surface area contributed by atoms with Gasteiger partial charge in [0.25, 0.3) is 0 Å². The first kappa shape index (κ1) is 15.2. The van der Waals surface area contributed by atoms with Crippen molar-refractivity contribution >= 4 is 0 Å². The zero-order valence-corrected chi connectivity index (χ0v) is 15.1. The predicted molar refractivity (Wildman–Crippen MR) is 88.4 cm³/mol. The lowest BCUT2D eigenvalue weighted by atomic mass is 9.43. The standard InChI is InChI=1S/C20H32O2/c1-12-7-13(18(2,3)11-12)10-17-21-16-9-14-8-15(19(14,4)5)20(16,6)22-17/h11,13-17H,7-10H2,1-6H3/t13-,14-,15-,16+,17?,20-/m0/s1. The van der Waals surface area contributed by atoms with Crippen LogP contribution < -0.4 is 0 Å². The summed E-state index contributed by atoms with van der Waals surface area (Å²) in [5.41, 5.74) is 2.20. The highest BCUT2D eigenvalue weighted by atomic mass is 16.7. The molecule has 0 N–H and O–H groups in total. The smallest absolute Gasteiger partial charge is 0.159 e. The summed E-state index contributed by atoms with van der Waals surface area (Å²) in [6.07, 6.45) is 7.57. The maximum atomic E-state index is 6.58. The van der Waals surface area contributed by atoms with Gasteiger partial charge in [0.1, 0.15) is 0 Å². The Labute approximate surface area is 135 Å². The fraction of sp³-hybridized carbons (Fsp3) is 0.900. The summed E-state index contributed by atoms with van der Waals surface area (Å²) in [5.74, 6) is 2.17. The van der Waals surface area contributed by atoms with Crippen molar-refractivity contribution in [2.75, 3.05) is 0 Å². The number of rotatable bonds is 2. The molecule has 5 aliphatic rings. The van der Waals surface area contributed by atoms with Crippen LogP contribution in [0.5, 0.6) is 0 Å². The van der Waals surface area contributed by atoms with E-state index >= 15 is 0 Å². The Morgan fingerprint density at radius 1 is 1.14 bits per heavy atom. The summed E-state index contributed by atoms with van der Waals surface area (Å²) >= 11 is 0. The van der Waals surface area contributed by atoms with Crippen molar-refractivity contribution < 1.29 is 9.47 Å². The third kappa shape index (κ3) is 1.92. The Kier molecular flexibility index (Phi) is 3.03. The van der Waals surface area contributed by atoms with Crippen LogP contribution in [0.15, 0.2) is 11.6 Å². The highest BCUT2D eigenvalue weighted by Crippen LogP contribution is 2.66. The van der Waals surface area contributed by atoms with E-state index in [0.717, 1.165) is 12.3 Å². The van der Waals surface area contributed by atoms with Gasteiger partial charge in [0.15, 0.2) is 6.29 Å². The molecule has 1 aliphatic heterocycles. The van der Waals surface area contributed by atoms with E-state index < -0.39 is 0 Å². The molecule has 2 nitrogen and oxygen atoms in total. The molecule has 0 spiro atoms. The molecule has 0 amide bonds. The van der Waals surface area contributed by atoms with Gasteiger partial charge in [0, 0.05) is 6.42 Å². The Balaban J connectivity index is 1.47. The van der Waals surface area contributed by atoms with E-state index in [4.69, 9.17) is 9.47 Å². The molecule has 1 heterocycles. The van der Waals surface area contributed by atoms with E-state index in [2.05, 4.69) is 47.6 Å². The van der Waals surface area contributed by atoms with Gasteiger partial charge >= 0.3 is 0 Å². The minimum atomic E-state index is -0.0475. The third-order valence-corrected chi connectivity index (χ3v) is 7.72. The van der Waals surface area contributed by atoms with Crippen LogP contribution in [-0.2, 0) is 9.47 Å². The monoisotopic (exact) mass is 304 g/mol. The van der Waals surface area contributed by atoms with Crippen LogP contribution in [0.25, 0.3) is 0 Å². The average molecular weight is 304 g/mol. The topological polar surface area (TPSA) is 18.5 Å². The van der Waals surface area contributed by atoms with Gasteiger partial charge in [-0.3, -0.25) is 0 Å². The lowest BCUT2D eigenvalue weighted by Crippen LogP contribution is -2.65. The molecular formula is C20H32O2. The van der Waals surface area contributed by atoms with Crippen LogP contribution in [0.2, 0.25) is 0 Å². The minimum absolute atomic E-state index is 0.00808. The lowest BCUT2D eigenvalue weighted by molar-refractivity contribution is -0.210. The van der Waals surface area contributed by atoms with Crippen LogP contribution in [-0.4, -0.2) is 18.0 Å². The second kappa shape index (κ2) is 4.39. The summed E-state index contributed by atoms with van der Waals surface area (Å²) in [4.78, 5) is 0. The summed E-state index contributed by atoms with van der Waals surface area (Å²) in [5, 5.41) is 0. The fourth-order valence-corrected chi connectivity index (χ4v) is 6.13. The van der Waals surface area contributed by atoms with Crippen molar-refractivity contribution in [3.63, 3.8) is 0 Å². The highest BCUT2D eigenvalue weighted by Gasteiger charge is 2.67. The van der Waals surface area contributed by atoms with E-state index in [1.807, 2.05) is 0 Å². The van der Waals surface area contributed by atoms with Gasteiger partial charge in [-0.2, -0.15) is 0 Å². The molecule has 4 fully saturated rings. The van der Waals surface area contributed by atoms with Crippen molar-refractivity contribution in [3.8, 4) is 0 Å². The molecule has 4 aliphatic carbocycles. The number of allylic oxidation sites excluding steroid dienone is 2. The fourth-order valence-electron chi connectivity index (χ4n) is 6.13. The van der Waals surface area contributed by atoms with E-state index in [1.54, 1.807) is 0 Å². The number of hydrogen-bond donors (Lipinski definition) is 0. The van der Waals surface area contributed by atoms with Crippen LogP contribution in [0.3, 0.4) is 0 Å². The molecule has 6 atom stereocenters. The van der Waals surface area contributed by atoms with Gasteiger partial charge in [-0.05, 0) is 61.7 Å². The molecule has 1 unspecified atom stereocenters. The first-order valence-corrected chi connectivity index (χ1v) is 9.14. The Morgan fingerprint density at radius 3 is 2.45 bits per heavy atom. The molecule has 2 heteroatoms. The van der Waals surface area contributed by atoms with Crippen molar-refractivity contribution in [2.24, 2.45) is 28.6 Å². The van der Waals surface area contributed by atoms with Gasteiger partial charge in [0.05, 0.1) is 11.7 Å². The number of ether oxygens (including phenoxy) is 2. The average Bonchev–Trinajstić information content (AvgIpc) is 2.84. The molecule has 22 heavy (non-hydrogen) atoms. The van der Waals surface area contributed by atoms with Gasteiger partial charge < -0.3 is 9.47 Å². The molecule has 0 aromatic carbocycles. The van der Waals surface area contributed by atoms with Gasteiger partial charge in [0.2, 0.25) is 0 Å². The molecule has 5 rings (SSSR count). The summed E-state index contributed by atoms with van der Waals surface area (Å²) in [6, 6.07) is 0. The zero-order valence-electron chi connectivity index (χ0n) is 15.1. The normalized spacial score (nSPS) is 51.2. The first-order valence-electron chi connectivity index (χ1n) is 9.14. The van der Waals surface area contributed by atoms with E-state index in [1.165, 1.54) is 24.8 Å². The zero-order chi connectivity index (χ0) is 15.9. The molecule has 0 aromatic heterocycles. The highest BCUT2D eigenvalue weighted by molar-refractivity contribution is 5.17. The molecule has 0 aromatic rings. The molecule has 2 bridgehead atoms. The minimum Gasteiger partial charge on any atom is -0.346 e. The SMILES string of the molecule is CC1=CC(C)(C)[C@H](CC2O[C@@H]3C[C@@H]4C[C@@H](C4(C)C)[C@]3(C)O2)C1. The van der Waals surface area contributed by atoms with Crippen molar-refractivity contribution in [2.45, 2.75) is 85.2 Å². The Morgan fingerprint density at radius 2 is 1.86 bits per heavy atom. The van der Waals surface area contributed by atoms with E-state index in [0.29, 0.717) is 23.4 Å². The van der Waals surface area contributed by atoms with E-state index in [9.17, 15) is 0 Å².